The average molecular weight is 493 g/mol. The van der Waals surface area contributed by atoms with Crippen LogP contribution in [-0.4, -0.2) is 50.0 Å². The lowest BCUT2D eigenvalue weighted by Gasteiger charge is -2.27. The maximum Gasteiger partial charge on any atom is 0.266 e. The molecule has 0 radical (unpaired) electrons. The number of sulfonamides is 1. The zero-order valence-electron chi connectivity index (χ0n) is 15.0. The van der Waals surface area contributed by atoms with E-state index in [-0.39, 0.29) is 5.13 Å². The Morgan fingerprint density at radius 3 is 2.79 bits per heavy atom. The lowest BCUT2D eigenvalue weighted by atomic mass is 10.1. The van der Waals surface area contributed by atoms with Crippen LogP contribution in [0.1, 0.15) is 19.3 Å². The summed E-state index contributed by atoms with van der Waals surface area (Å²) in [4.78, 5) is 3.30. The van der Waals surface area contributed by atoms with E-state index in [1.54, 1.807) is 0 Å². The monoisotopic (exact) mass is 492 g/mol. The number of rotatable bonds is 11. The number of nitrogens with zero attached hydrogens (tertiary/aromatic N) is 2. The molecular formula is C16H22BrFN6O2S2. The molecule has 1 aromatic heterocycles. The van der Waals surface area contributed by atoms with Gasteiger partial charge in [-0.15, -0.1) is 0 Å². The van der Waals surface area contributed by atoms with Crippen LogP contribution in [0.25, 0.3) is 0 Å². The van der Waals surface area contributed by atoms with E-state index in [4.69, 9.17) is 0 Å². The zero-order valence-corrected chi connectivity index (χ0v) is 18.3. The van der Waals surface area contributed by atoms with Crippen molar-refractivity contribution >= 4 is 48.3 Å². The highest BCUT2D eigenvalue weighted by atomic mass is 79.9. The molecule has 0 spiro atoms. The third-order valence-electron chi connectivity index (χ3n) is 4.31. The van der Waals surface area contributed by atoms with E-state index >= 15 is 0 Å². The van der Waals surface area contributed by atoms with Crippen LogP contribution in [0.15, 0.2) is 27.8 Å². The molecule has 1 aliphatic heterocycles. The van der Waals surface area contributed by atoms with Gasteiger partial charge in [0.05, 0.1) is 5.69 Å². The second-order valence-electron chi connectivity index (χ2n) is 6.39. The lowest BCUT2D eigenvalue weighted by Crippen LogP contribution is -2.49. The van der Waals surface area contributed by atoms with Crippen molar-refractivity contribution in [1.82, 2.24) is 20.0 Å². The van der Waals surface area contributed by atoms with Crippen LogP contribution in [0.2, 0.25) is 0 Å². The molecule has 3 rings (SSSR count). The molecule has 1 saturated heterocycles. The van der Waals surface area contributed by atoms with E-state index in [0.717, 1.165) is 44.0 Å². The molecule has 0 aliphatic carbocycles. The van der Waals surface area contributed by atoms with Crippen molar-refractivity contribution in [3.8, 4) is 0 Å². The minimum Gasteiger partial charge on any atom is -0.384 e. The molecule has 1 atom stereocenters. The van der Waals surface area contributed by atoms with Crippen molar-refractivity contribution in [2.75, 3.05) is 36.2 Å². The van der Waals surface area contributed by atoms with Crippen LogP contribution in [0.5, 0.6) is 0 Å². The summed E-state index contributed by atoms with van der Waals surface area (Å²) < 4.78 is 45.5. The van der Waals surface area contributed by atoms with E-state index in [2.05, 4.69) is 46.0 Å². The van der Waals surface area contributed by atoms with Gasteiger partial charge in [-0.3, -0.25) is 4.72 Å². The summed E-state index contributed by atoms with van der Waals surface area (Å²) in [6.45, 7) is 3.70. The number of aromatic nitrogens is 2. The van der Waals surface area contributed by atoms with Gasteiger partial charge in [-0.1, -0.05) is 0 Å². The molecular weight excluding hydrogens is 471 g/mol. The van der Waals surface area contributed by atoms with Gasteiger partial charge in [0.2, 0.25) is 5.13 Å². The highest BCUT2D eigenvalue weighted by Gasteiger charge is 2.22. The minimum absolute atomic E-state index is 0.0828. The van der Waals surface area contributed by atoms with E-state index in [1.165, 1.54) is 24.9 Å². The minimum atomic E-state index is -4.08. The van der Waals surface area contributed by atoms with Gasteiger partial charge in [0.25, 0.3) is 10.0 Å². The molecule has 0 amide bonds. The van der Waals surface area contributed by atoms with Crippen LogP contribution in [-0.2, 0) is 10.0 Å². The largest absolute Gasteiger partial charge is 0.384 e. The van der Waals surface area contributed by atoms with Gasteiger partial charge in [0, 0.05) is 35.1 Å². The molecule has 1 aromatic carbocycles. The predicted octanol–water partition coefficient (Wildman–Crippen LogP) is 2.38. The summed E-state index contributed by atoms with van der Waals surface area (Å²) in [5.41, 5.74) is 0.513. The fourth-order valence-corrected chi connectivity index (χ4v) is 5.04. The predicted molar refractivity (Wildman–Crippen MR) is 112 cm³/mol. The first-order valence-electron chi connectivity index (χ1n) is 8.92. The topological polar surface area (TPSA) is 108 Å². The summed E-state index contributed by atoms with van der Waals surface area (Å²) in [6, 6.07) is 3.03. The summed E-state index contributed by atoms with van der Waals surface area (Å²) in [5.74, 6) is -0.836. The first-order chi connectivity index (χ1) is 13.5. The molecule has 2 heterocycles. The van der Waals surface area contributed by atoms with Crippen LogP contribution in [0.4, 0.5) is 15.2 Å². The van der Waals surface area contributed by atoms with Crippen molar-refractivity contribution in [2.45, 2.75) is 30.2 Å². The fourth-order valence-electron chi connectivity index (χ4n) is 2.66. The smallest absolute Gasteiger partial charge is 0.266 e. The molecule has 0 unspecified atom stereocenters. The van der Waals surface area contributed by atoms with E-state index in [0.29, 0.717) is 22.7 Å². The Morgan fingerprint density at radius 1 is 1.32 bits per heavy atom. The maximum atomic E-state index is 14.4. The van der Waals surface area contributed by atoms with Crippen molar-refractivity contribution in [3.63, 3.8) is 0 Å². The van der Waals surface area contributed by atoms with E-state index in [9.17, 15) is 12.8 Å². The number of anilines is 2. The molecule has 8 nitrogen and oxygen atoms in total. The molecule has 12 heteroatoms. The van der Waals surface area contributed by atoms with Crippen molar-refractivity contribution < 1.29 is 12.8 Å². The Hall–Kier alpha value is -1.34. The number of hydrogen-bond acceptors (Lipinski definition) is 8. The summed E-state index contributed by atoms with van der Waals surface area (Å²) in [7, 11) is -4.08. The Morgan fingerprint density at radius 2 is 2.11 bits per heavy atom. The van der Waals surface area contributed by atoms with Gasteiger partial charge in [0.15, 0.2) is 0 Å². The van der Waals surface area contributed by atoms with Crippen molar-refractivity contribution in [3.05, 3.63) is 28.7 Å². The third-order valence-corrected chi connectivity index (χ3v) is 7.03. The normalized spacial score (nSPS) is 16.6. The Bertz CT molecular complexity index is 878. The van der Waals surface area contributed by atoms with Crippen molar-refractivity contribution in [1.29, 1.82) is 0 Å². The Kier molecular flexibility index (Phi) is 7.57. The Balaban J connectivity index is 1.48. The maximum absolute atomic E-state index is 14.4. The number of halogens is 2. The van der Waals surface area contributed by atoms with Crippen LogP contribution >= 0.6 is 27.5 Å². The molecule has 1 fully saturated rings. The average Bonchev–Trinajstić information content (AvgIpc) is 3.10. The molecule has 2 aromatic rings. The fraction of sp³-hybridized carbons (Fsp3) is 0.500. The van der Waals surface area contributed by atoms with Gasteiger partial charge < -0.3 is 16.0 Å². The molecule has 4 N–H and O–H groups in total. The SMILES string of the molecule is O=S(=O)(Nc1ncns1)c1cc(Br)c(NCCCCNC[C@@H]2CCN2)cc1F. The Labute approximate surface area is 176 Å². The molecule has 0 saturated carbocycles. The highest BCUT2D eigenvalue weighted by Crippen LogP contribution is 2.29. The van der Waals surface area contributed by atoms with Gasteiger partial charge in [-0.25, -0.2) is 17.8 Å². The highest BCUT2D eigenvalue weighted by molar-refractivity contribution is 9.10. The second kappa shape index (κ2) is 9.92. The number of benzene rings is 1. The molecule has 0 bridgehead atoms. The summed E-state index contributed by atoms with van der Waals surface area (Å²) in [5, 5.41) is 9.97. The molecule has 1 aliphatic rings. The summed E-state index contributed by atoms with van der Waals surface area (Å²) in [6.07, 6.45) is 4.37. The standard InChI is InChI=1S/C16H22BrFN6O2S2/c17-12-7-15(28(25,26)24-16-22-10-23-27-16)13(18)8-14(12)21-5-2-1-4-19-9-11-3-6-20-11/h7-8,10-11,19-21H,1-6,9H2,(H,22,23,24)/t11-/m0/s1. The van der Waals surface area contributed by atoms with Crippen LogP contribution in [0, 0.1) is 5.82 Å². The number of unbranched alkanes of at least 4 members (excludes halogenated alkanes) is 1. The van der Waals surface area contributed by atoms with Gasteiger partial charge in [0.1, 0.15) is 17.0 Å². The quantitative estimate of drug-likeness (QED) is 0.356. The molecule has 154 valence electrons. The van der Waals surface area contributed by atoms with Gasteiger partial charge in [-0.2, -0.15) is 4.37 Å². The lowest BCUT2D eigenvalue weighted by molar-refractivity contribution is 0.353. The number of nitrogens with one attached hydrogen (secondary N) is 4. The summed E-state index contributed by atoms with van der Waals surface area (Å²) >= 11 is 4.19. The van der Waals surface area contributed by atoms with E-state index < -0.39 is 20.7 Å². The van der Waals surface area contributed by atoms with Crippen molar-refractivity contribution in [2.24, 2.45) is 0 Å². The second-order valence-corrected chi connectivity index (χ2v) is 9.68. The first kappa shape index (κ1) is 21.4. The van der Waals surface area contributed by atoms with Crippen LogP contribution in [0.3, 0.4) is 0 Å². The molecule has 28 heavy (non-hydrogen) atoms. The zero-order chi connectivity index (χ0) is 20.0. The van der Waals surface area contributed by atoms with E-state index in [1.807, 2.05) is 0 Å². The van der Waals surface area contributed by atoms with Crippen LogP contribution < -0.4 is 20.7 Å². The third kappa shape index (κ3) is 5.83. The van der Waals surface area contributed by atoms with Gasteiger partial charge >= 0.3 is 0 Å². The number of hydrogen-bond donors (Lipinski definition) is 4. The van der Waals surface area contributed by atoms with Gasteiger partial charge in [-0.05, 0) is 60.4 Å². The first-order valence-corrected chi connectivity index (χ1v) is 12.0.